The lowest BCUT2D eigenvalue weighted by molar-refractivity contribution is 0.151. The molecule has 1 atom stereocenters. The highest BCUT2D eigenvalue weighted by molar-refractivity contribution is 9.11. The minimum Gasteiger partial charge on any atom is -0.506 e. The lowest BCUT2D eigenvalue weighted by Gasteiger charge is -2.36. The second kappa shape index (κ2) is 10.4. The maximum atomic E-state index is 10.4. The Kier molecular flexibility index (Phi) is 10.6. The Labute approximate surface area is 162 Å². The topological polar surface area (TPSA) is 35.5 Å². The van der Waals surface area contributed by atoms with Crippen molar-refractivity contribution in [3.05, 3.63) is 26.6 Å². The molecule has 0 radical (unpaired) electrons. The van der Waals surface area contributed by atoms with E-state index in [1.54, 1.807) is 0 Å². The van der Waals surface area contributed by atoms with Crippen molar-refractivity contribution in [3.8, 4) is 5.75 Å². The number of nitrogens with zero attached hydrogens (tertiary/aromatic N) is 1. The molecule has 128 valence electrons. The first-order chi connectivity index (χ1) is 9.49. The van der Waals surface area contributed by atoms with Gasteiger partial charge in [0.1, 0.15) is 5.75 Å². The van der Waals surface area contributed by atoms with Crippen LogP contribution in [0.5, 0.6) is 5.75 Å². The van der Waals surface area contributed by atoms with Gasteiger partial charge in [-0.2, -0.15) is 0 Å². The summed E-state index contributed by atoms with van der Waals surface area (Å²) in [6.07, 6.45) is 1.05. The Hall–Kier alpha value is 0.480. The summed E-state index contributed by atoms with van der Waals surface area (Å²) in [5, 5.41) is 13.8. The number of nitrogens with one attached hydrogen (secondary N) is 1. The molecule has 0 unspecified atom stereocenters. The fourth-order valence-electron chi connectivity index (χ4n) is 2.75. The zero-order valence-corrected chi connectivity index (χ0v) is 17.6. The van der Waals surface area contributed by atoms with Gasteiger partial charge in [0.15, 0.2) is 0 Å². The van der Waals surface area contributed by atoms with Gasteiger partial charge < -0.3 is 10.4 Å². The molecule has 0 aliphatic carbocycles. The molecule has 2 N–H and O–H groups in total. The third-order valence-electron chi connectivity index (χ3n) is 3.70. The van der Waals surface area contributed by atoms with E-state index in [0.29, 0.717) is 11.7 Å². The molecule has 1 heterocycles. The Morgan fingerprint density at radius 2 is 1.77 bits per heavy atom. The second-order valence-corrected chi connectivity index (χ2v) is 7.53. The maximum absolute atomic E-state index is 10.4. The SMILES string of the molecule is CC(C)C[C@@H](c1cc(Br)cc(Br)c1O)N1CCNCC1.Cl.Cl. The smallest absolute Gasteiger partial charge is 0.134 e. The van der Waals surface area contributed by atoms with E-state index in [4.69, 9.17) is 0 Å². The van der Waals surface area contributed by atoms with Crippen molar-refractivity contribution >= 4 is 56.7 Å². The van der Waals surface area contributed by atoms with Gasteiger partial charge in [-0.15, -0.1) is 24.8 Å². The summed E-state index contributed by atoms with van der Waals surface area (Å²) < 4.78 is 1.76. The van der Waals surface area contributed by atoms with E-state index in [-0.39, 0.29) is 30.9 Å². The Balaban J connectivity index is 0.00000220. The van der Waals surface area contributed by atoms with Gasteiger partial charge >= 0.3 is 0 Å². The molecule has 1 aromatic carbocycles. The number of rotatable bonds is 4. The number of hydrogen-bond acceptors (Lipinski definition) is 3. The van der Waals surface area contributed by atoms with Crippen LogP contribution in [0.3, 0.4) is 0 Å². The number of phenols is 1. The fourth-order valence-corrected chi connectivity index (χ4v) is 4.01. The summed E-state index contributed by atoms with van der Waals surface area (Å²) in [6, 6.07) is 4.21. The standard InChI is InChI=1S/C15H22Br2N2O.2ClH/c1-10(2)7-14(19-5-3-18-4-6-19)12-8-11(16)9-13(17)15(12)20;;/h8-10,14,18,20H,3-7H2,1-2H3;2*1H/t14-;;/m0../s1. The summed E-state index contributed by atoms with van der Waals surface area (Å²) in [7, 11) is 0. The largest absolute Gasteiger partial charge is 0.506 e. The van der Waals surface area contributed by atoms with Crippen molar-refractivity contribution in [1.82, 2.24) is 10.2 Å². The number of phenolic OH excluding ortho intramolecular Hbond substituents is 1. The van der Waals surface area contributed by atoms with E-state index in [1.807, 2.05) is 6.07 Å². The first kappa shape index (κ1) is 22.5. The van der Waals surface area contributed by atoms with Crippen LogP contribution in [-0.4, -0.2) is 36.2 Å². The van der Waals surface area contributed by atoms with E-state index in [9.17, 15) is 5.11 Å². The molecule has 1 saturated heterocycles. The molecule has 22 heavy (non-hydrogen) atoms. The average Bonchev–Trinajstić information content (AvgIpc) is 2.41. The van der Waals surface area contributed by atoms with Crippen molar-refractivity contribution in [3.63, 3.8) is 0 Å². The van der Waals surface area contributed by atoms with Crippen LogP contribution in [-0.2, 0) is 0 Å². The van der Waals surface area contributed by atoms with Crippen LogP contribution in [0.15, 0.2) is 21.1 Å². The van der Waals surface area contributed by atoms with Crippen LogP contribution in [0.1, 0.15) is 31.9 Å². The fraction of sp³-hybridized carbons (Fsp3) is 0.600. The monoisotopic (exact) mass is 476 g/mol. The highest BCUT2D eigenvalue weighted by Gasteiger charge is 2.26. The minimum atomic E-state index is 0. The van der Waals surface area contributed by atoms with Crippen molar-refractivity contribution < 1.29 is 5.11 Å². The third-order valence-corrected chi connectivity index (χ3v) is 4.77. The van der Waals surface area contributed by atoms with E-state index in [1.165, 1.54) is 0 Å². The van der Waals surface area contributed by atoms with E-state index in [0.717, 1.165) is 47.1 Å². The molecule has 0 spiro atoms. The zero-order chi connectivity index (χ0) is 14.7. The quantitative estimate of drug-likeness (QED) is 0.655. The molecule has 7 heteroatoms. The summed E-state index contributed by atoms with van der Waals surface area (Å²) in [5.41, 5.74) is 1.02. The van der Waals surface area contributed by atoms with Crippen LogP contribution >= 0.6 is 56.7 Å². The zero-order valence-electron chi connectivity index (χ0n) is 12.8. The van der Waals surface area contributed by atoms with E-state index < -0.39 is 0 Å². The summed E-state index contributed by atoms with van der Waals surface area (Å²) in [4.78, 5) is 2.48. The first-order valence-electron chi connectivity index (χ1n) is 7.11. The maximum Gasteiger partial charge on any atom is 0.134 e. The van der Waals surface area contributed by atoms with Gasteiger partial charge in [-0.1, -0.05) is 29.8 Å². The molecular formula is C15H24Br2Cl2N2O. The van der Waals surface area contributed by atoms with Crippen LogP contribution in [0.2, 0.25) is 0 Å². The Morgan fingerprint density at radius 3 is 2.32 bits per heavy atom. The number of benzene rings is 1. The Morgan fingerprint density at radius 1 is 1.18 bits per heavy atom. The predicted octanol–water partition coefficient (Wildman–Crippen LogP) is 4.75. The van der Waals surface area contributed by atoms with Gasteiger partial charge in [-0.3, -0.25) is 4.90 Å². The third kappa shape index (κ3) is 5.84. The highest BCUT2D eigenvalue weighted by Crippen LogP contribution is 2.39. The van der Waals surface area contributed by atoms with Crippen LogP contribution in [0.4, 0.5) is 0 Å². The molecule has 1 aliphatic rings. The first-order valence-corrected chi connectivity index (χ1v) is 8.70. The van der Waals surface area contributed by atoms with Gasteiger partial charge in [-0.25, -0.2) is 0 Å². The lowest BCUT2D eigenvalue weighted by Crippen LogP contribution is -2.45. The number of hydrogen-bond donors (Lipinski definition) is 2. The van der Waals surface area contributed by atoms with Crippen LogP contribution in [0.25, 0.3) is 0 Å². The molecule has 2 rings (SSSR count). The molecule has 0 aromatic heterocycles. The van der Waals surface area contributed by atoms with Gasteiger partial charge in [0.2, 0.25) is 0 Å². The van der Waals surface area contributed by atoms with Gasteiger partial charge in [0.25, 0.3) is 0 Å². The normalized spacial score (nSPS) is 16.8. The molecular weight excluding hydrogens is 455 g/mol. The van der Waals surface area contributed by atoms with Gasteiger partial charge in [0.05, 0.1) is 4.47 Å². The second-order valence-electron chi connectivity index (χ2n) is 5.76. The number of halogens is 4. The highest BCUT2D eigenvalue weighted by atomic mass is 79.9. The Bertz CT molecular complexity index is 469. The van der Waals surface area contributed by atoms with Crippen LogP contribution in [0, 0.1) is 5.92 Å². The molecule has 0 amide bonds. The van der Waals surface area contributed by atoms with Crippen molar-refractivity contribution in [2.75, 3.05) is 26.2 Å². The van der Waals surface area contributed by atoms with Crippen molar-refractivity contribution in [2.45, 2.75) is 26.3 Å². The van der Waals surface area contributed by atoms with Crippen LogP contribution < -0.4 is 5.32 Å². The summed E-state index contributed by atoms with van der Waals surface area (Å²) in [5.74, 6) is 0.962. The molecule has 1 fully saturated rings. The predicted molar refractivity (Wildman–Crippen MR) is 105 cm³/mol. The molecule has 3 nitrogen and oxygen atoms in total. The molecule has 1 aliphatic heterocycles. The number of piperazine rings is 1. The minimum absolute atomic E-state index is 0. The van der Waals surface area contributed by atoms with Gasteiger partial charge in [0, 0.05) is 42.3 Å². The molecule has 0 bridgehead atoms. The molecule has 0 saturated carbocycles. The molecule has 1 aromatic rings. The van der Waals surface area contributed by atoms with Gasteiger partial charge in [-0.05, 0) is 40.4 Å². The summed E-state index contributed by atoms with van der Waals surface area (Å²) >= 11 is 6.98. The van der Waals surface area contributed by atoms with E-state index >= 15 is 0 Å². The number of aromatic hydroxyl groups is 1. The summed E-state index contributed by atoms with van der Waals surface area (Å²) in [6.45, 7) is 8.57. The van der Waals surface area contributed by atoms with E-state index in [2.05, 4.69) is 62.0 Å². The lowest BCUT2D eigenvalue weighted by atomic mass is 9.94. The van der Waals surface area contributed by atoms with Crippen molar-refractivity contribution in [2.24, 2.45) is 5.92 Å². The average molecular weight is 479 g/mol. The van der Waals surface area contributed by atoms with Crippen molar-refractivity contribution in [1.29, 1.82) is 0 Å².